The Bertz CT molecular complexity index is 1020. The highest BCUT2D eigenvalue weighted by Crippen LogP contribution is 2.49. The first-order valence-corrected chi connectivity index (χ1v) is 11.3. The number of ether oxygens (including phenoxy) is 4. The van der Waals surface area contributed by atoms with Gasteiger partial charge in [-0.05, 0) is 49.3 Å². The van der Waals surface area contributed by atoms with Crippen molar-refractivity contribution in [3.05, 3.63) is 35.0 Å². The number of benzene rings is 1. The van der Waals surface area contributed by atoms with E-state index in [1.807, 2.05) is 25.1 Å². The molecule has 1 aliphatic carbocycles. The molecule has 1 saturated heterocycles. The van der Waals surface area contributed by atoms with Crippen molar-refractivity contribution in [1.82, 2.24) is 0 Å². The molecule has 0 radical (unpaired) electrons. The Morgan fingerprint density at radius 3 is 2.81 bits per heavy atom. The maximum Gasteiger partial charge on any atom is 0.315 e. The highest BCUT2D eigenvalue weighted by atomic mass is 16.7. The number of allylic oxidation sites excluding steroid dienone is 2. The lowest BCUT2D eigenvalue weighted by Gasteiger charge is -2.39. The predicted octanol–water partition coefficient (Wildman–Crippen LogP) is 3.96. The first kappa shape index (κ1) is 21.2. The third-order valence-electron chi connectivity index (χ3n) is 6.75. The zero-order valence-corrected chi connectivity index (χ0v) is 18.8. The van der Waals surface area contributed by atoms with Crippen LogP contribution in [0.3, 0.4) is 0 Å². The Hall–Kier alpha value is -2.67. The molecular weight excluding hydrogens is 410 g/mol. The minimum absolute atomic E-state index is 0.0482. The van der Waals surface area contributed by atoms with Crippen LogP contribution in [0.15, 0.2) is 34.5 Å². The van der Waals surface area contributed by atoms with E-state index in [2.05, 4.69) is 13.8 Å². The van der Waals surface area contributed by atoms with Crippen LogP contribution >= 0.6 is 0 Å². The number of carbonyl (C=O) groups excluding carboxylic acids is 2. The predicted molar refractivity (Wildman–Crippen MR) is 117 cm³/mol. The van der Waals surface area contributed by atoms with Crippen LogP contribution < -0.4 is 9.47 Å². The van der Waals surface area contributed by atoms with Gasteiger partial charge in [0, 0.05) is 35.9 Å². The van der Waals surface area contributed by atoms with Crippen molar-refractivity contribution in [3.63, 3.8) is 0 Å². The lowest BCUT2D eigenvalue weighted by atomic mass is 9.67. The third-order valence-corrected chi connectivity index (χ3v) is 6.75. The Labute approximate surface area is 187 Å². The van der Waals surface area contributed by atoms with Gasteiger partial charge in [-0.3, -0.25) is 14.6 Å². The standard InChI is InChI=1S/C25H29NO6/c1-14-21(24(28)30-12-16-5-4-8-29-16)22(15-6-7-19-20(9-15)32-13-31-19)23-17(26-14)10-25(2,3)11-18(23)27/h6-7,9,16,21-22H,4-5,8,10-13H2,1-3H3/t16-,21?,22+/m1/s1. The molecule has 4 aliphatic rings. The lowest BCUT2D eigenvalue weighted by Crippen LogP contribution is -2.40. The molecule has 3 aliphatic heterocycles. The highest BCUT2D eigenvalue weighted by molar-refractivity contribution is 6.09. The summed E-state index contributed by atoms with van der Waals surface area (Å²) in [5.74, 6) is -0.156. The maximum absolute atomic E-state index is 13.3. The molecule has 0 amide bonds. The molecule has 3 atom stereocenters. The van der Waals surface area contributed by atoms with Crippen LogP contribution in [0.1, 0.15) is 57.9 Å². The van der Waals surface area contributed by atoms with E-state index in [-0.39, 0.29) is 36.7 Å². The van der Waals surface area contributed by atoms with Crippen LogP contribution in [0.4, 0.5) is 0 Å². The van der Waals surface area contributed by atoms with E-state index in [0.717, 1.165) is 24.1 Å². The molecule has 1 aromatic carbocycles. The van der Waals surface area contributed by atoms with Crippen LogP contribution in [0.25, 0.3) is 0 Å². The van der Waals surface area contributed by atoms with Gasteiger partial charge in [-0.2, -0.15) is 0 Å². The van der Waals surface area contributed by atoms with Crippen LogP contribution in [0.2, 0.25) is 0 Å². The van der Waals surface area contributed by atoms with Crippen molar-refractivity contribution in [3.8, 4) is 11.5 Å². The monoisotopic (exact) mass is 439 g/mol. The quantitative estimate of drug-likeness (QED) is 0.661. The van der Waals surface area contributed by atoms with Crippen molar-refractivity contribution in [1.29, 1.82) is 0 Å². The number of ketones is 1. The van der Waals surface area contributed by atoms with Crippen LogP contribution in [0.5, 0.6) is 11.5 Å². The zero-order valence-electron chi connectivity index (χ0n) is 18.8. The average molecular weight is 440 g/mol. The van der Waals surface area contributed by atoms with Gasteiger partial charge in [0.15, 0.2) is 17.3 Å². The summed E-state index contributed by atoms with van der Waals surface area (Å²) in [4.78, 5) is 31.5. The highest BCUT2D eigenvalue weighted by Gasteiger charge is 2.46. The second-order valence-corrected chi connectivity index (χ2v) is 9.89. The van der Waals surface area contributed by atoms with Gasteiger partial charge in [0.1, 0.15) is 12.5 Å². The molecule has 0 bridgehead atoms. The normalized spacial score (nSPS) is 28.4. The fourth-order valence-electron chi connectivity index (χ4n) is 5.26. The van der Waals surface area contributed by atoms with Crippen LogP contribution in [0, 0.1) is 11.3 Å². The Morgan fingerprint density at radius 2 is 2.03 bits per heavy atom. The number of Topliss-reactive ketones (excluding diaryl/α,β-unsaturated/α-hetero) is 1. The molecular formula is C25H29NO6. The van der Waals surface area contributed by atoms with Crippen LogP contribution in [-0.2, 0) is 19.1 Å². The van der Waals surface area contributed by atoms with E-state index in [0.29, 0.717) is 42.2 Å². The molecule has 3 heterocycles. The maximum atomic E-state index is 13.3. The summed E-state index contributed by atoms with van der Waals surface area (Å²) in [5.41, 5.74) is 2.77. The number of rotatable bonds is 4. The minimum atomic E-state index is -0.666. The Balaban J connectivity index is 1.53. The van der Waals surface area contributed by atoms with Gasteiger partial charge < -0.3 is 18.9 Å². The molecule has 0 N–H and O–H groups in total. The lowest BCUT2D eigenvalue weighted by molar-refractivity contribution is -0.149. The van der Waals surface area contributed by atoms with Crippen molar-refractivity contribution in [2.24, 2.45) is 16.3 Å². The summed E-state index contributed by atoms with van der Waals surface area (Å²) < 4.78 is 22.3. The third kappa shape index (κ3) is 3.83. The number of hydrogen-bond acceptors (Lipinski definition) is 7. The van der Waals surface area contributed by atoms with Gasteiger partial charge in [0.25, 0.3) is 0 Å². The summed E-state index contributed by atoms with van der Waals surface area (Å²) >= 11 is 0. The Morgan fingerprint density at radius 1 is 1.22 bits per heavy atom. The van der Waals surface area contributed by atoms with E-state index < -0.39 is 11.8 Å². The number of esters is 1. The molecule has 1 aromatic rings. The Kier molecular flexibility index (Phi) is 5.32. The van der Waals surface area contributed by atoms with Gasteiger partial charge in [0.05, 0.1) is 6.10 Å². The zero-order chi connectivity index (χ0) is 22.5. The van der Waals surface area contributed by atoms with E-state index >= 15 is 0 Å². The molecule has 0 aromatic heterocycles. The molecule has 1 unspecified atom stereocenters. The largest absolute Gasteiger partial charge is 0.462 e. The number of nitrogens with zero attached hydrogens (tertiary/aromatic N) is 1. The van der Waals surface area contributed by atoms with E-state index in [9.17, 15) is 9.59 Å². The van der Waals surface area contributed by atoms with E-state index in [1.165, 1.54) is 0 Å². The number of aliphatic imine (C=N–C) groups is 1. The summed E-state index contributed by atoms with van der Waals surface area (Å²) in [6, 6.07) is 5.63. The molecule has 0 saturated carbocycles. The first-order chi connectivity index (χ1) is 15.3. The molecule has 7 heteroatoms. The van der Waals surface area contributed by atoms with E-state index in [4.69, 9.17) is 23.9 Å². The molecule has 32 heavy (non-hydrogen) atoms. The second-order valence-electron chi connectivity index (χ2n) is 9.89. The first-order valence-electron chi connectivity index (χ1n) is 11.3. The van der Waals surface area contributed by atoms with E-state index in [1.54, 1.807) is 0 Å². The number of carbonyl (C=O) groups is 2. The van der Waals surface area contributed by atoms with Crippen molar-refractivity contribution in [2.45, 2.75) is 58.5 Å². The summed E-state index contributed by atoms with van der Waals surface area (Å²) in [5, 5.41) is 0. The molecule has 0 spiro atoms. The summed E-state index contributed by atoms with van der Waals surface area (Å²) in [7, 11) is 0. The van der Waals surface area contributed by atoms with Crippen molar-refractivity contribution < 1.29 is 28.5 Å². The van der Waals surface area contributed by atoms with Crippen molar-refractivity contribution >= 4 is 17.5 Å². The fraction of sp³-hybridized carbons (Fsp3) is 0.560. The summed E-state index contributed by atoms with van der Waals surface area (Å²) in [6.07, 6.45) is 2.94. The minimum Gasteiger partial charge on any atom is -0.462 e. The number of fused-ring (bicyclic) bond motifs is 1. The molecule has 170 valence electrons. The van der Waals surface area contributed by atoms with Gasteiger partial charge >= 0.3 is 5.97 Å². The van der Waals surface area contributed by atoms with Crippen molar-refractivity contribution in [2.75, 3.05) is 20.0 Å². The molecule has 5 rings (SSSR count). The molecule has 7 nitrogen and oxygen atoms in total. The van der Waals surface area contributed by atoms with Gasteiger partial charge in [0.2, 0.25) is 6.79 Å². The van der Waals surface area contributed by atoms with Crippen LogP contribution in [-0.4, -0.2) is 43.6 Å². The molecule has 1 fully saturated rings. The topological polar surface area (TPSA) is 83.4 Å². The van der Waals surface area contributed by atoms with Gasteiger partial charge in [-0.1, -0.05) is 19.9 Å². The average Bonchev–Trinajstić information content (AvgIpc) is 3.41. The SMILES string of the molecule is CC1=NC2=C(C(=O)CC(C)(C)C2)[C@@H](c2ccc3c(c2)OCO3)C1C(=O)OC[C@H]1CCCO1. The van der Waals surface area contributed by atoms with Gasteiger partial charge in [-0.25, -0.2) is 0 Å². The smallest absolute Gasteiger partial charge is 0.315 e. The van der Waals surface area contributed by atoms with Gasteiger partial charge in [-0.15, -0.1) is 0 Å². The summed E-state index contributed by atoms with van der Waals surface area (Å²) in [6.45, 7) is 7.11. The second kappa shape index (κ2) is 8.03. The number of hydrogen-bond donors (Lipinski definition) is 0. The fourth-order valence-corrected chi connectivity index (χ4v) is 5.26.